The van der Waals surface area contributed by atoms with Gasteiger partial charge in [-0.25, -0.2) is 9.37 Å². The third kappa shape index (κ3) is 5.60. The largest absolute Gasteiger partial charge is 0.416 e. The molecule has 0 bridgehead atoms. The lowest BCUT2D eigenvalue weighted by molar-refractivity contribution is -0.138. The minimum Gasteiger partial charge on any atom is -0.352 e. The number of aromatic nitrogens is 1. The van der Waals surface area contributed by atoms with Crippen molar-refractivity contribution in [2.24, 2.45) is 4.99 Å². The van der Waals surface area contributed by atoms with Gasteiger partial charge >= 0.3 is 6.18 Å². The van der Waals surface area contributed by atoms with Gasteiger partial charge in [0, 0.05) is 26.3 Å². The number of rotatable bonds is 4. The van der Waals surface area contributed by atoms with Gasteiger partial charge in [0.05, 0.1) is 5.56 Å². The van der Waals surface area contributed by atoms with Crippen LogP contribution < -0.4 is 10.6 Å². The number of guanidine groups is 1. The highest BCUT2D eigenvalue weighted by Crippen LogP contribution is 2.32. The fraction of sp³-hybridized carbons (Fsp3) is 0.250. The highest BCUT2D eigenvalue weighted by molar-refractivity contribution is 6.29. The summed E-state index contributed by atoms with van der Waals surface area (Å²) in [6.45, 7) is 0.201. The van der Waals surface area contributed by atoms with E-state index in [0.29, 0.717) is 23.7 Å². The molecule has 134 valence electrons. The van der Waals surface area contributed by atoms with Crippen LogP contribution in [0, 0.1) is 5.82 Å². The van der Waals surface area contributed by atoms with Gasteiger partial charge in [-0.05, 0) is 29.3 Å². The van der Waals surface area contributed by atoms with E-state index in [9.17, 15) is 17.6 Å². The van der Waals surface area contributed by atoms with Gasteiger partial charge in [-0.15, -0.1) is 0 Å². The van der Waals surface area contributed by atoms with Crippen molar-refractivity contribution in [1.82, 2.24) is 15.6 Å². The summed E-state index contributed by atoms with van der Waals surface area (Å²) in [6.07, 6.45) is -3.06. The zero-order valence-corrected chi connectivity index (χ0v) is 13.9. The molecule has 25 heavy (non-hydrogen) atoms. The molecule has 0 unspecified atom stereocenters. The van der Waals surface area contributed by atoms with Gasteiger partial charge in [0.2, 0.25) is 0 Å². The standard InChI is InChI=1S/C16H15ClF4N4/c1-22-15(24-8-10-2-5-14(17)23-7-10)25-9-11-3-4-12(18)6-13(11)16(19,20)21/h2-7H,8-9H2,1H3,(H2,22,24,25). The molecule has 1 aromatic carbocycles. The number of aliphatic imine (C=N–C) groups is 1. The van der Waals surface area contributed by atoms with Crippen LogP contribution in [0.25, 0.3) is 0 Å². The van der Waals surface area contributed by atoms with Gasteiger partial charge < -0.3 is 10.6 Å². The monoisotopic (exact) mass is 374 g/mol. The Kier molecular flexibility index (Phi) is 6.19. The molecule has 2 N–H and O–H groups in total. The van der Waals surface area contributed by atoms with E-state index in [2.05, 4.69) is 20.6 Å². The Morgan fingerprint density at radius 2 is 1.88 bits per heavy atom. The molecule has 0 aliphatic heterocycles. The van der Waals surface area contributed by atoms with Gasteiger partial charge in [-0.3, -0.25) is 4.99 Å². The minimum absolute atomic E-state index is 0.0787. The summed E-state index contributed by atoms with van der Waals surface area (Å²) in [7, 11) is 1.49. The van der Waals surface area contributed by atoms with Gasteiger partial charge in [0.15, 0.2) is 5.96 Å². The van der Waals surface area contributed by atoms with Crippen LogP contribution in [0.3, 0.4) is 0 Å². The summed E-state index contributed by atoms with van der Waals surface area (Å²) in [6, 6.07) is 5.95. The maximum absolute atomic E-state index is 13.1. The molecule has 2 aromatic rings. The lowest BCUT2D eigenvalue weighted by Gasteiger charge is -2.16. The molecule has 4 nitrogen and oxygen atoms in total. The van der Waals surface area contributed by atoms with Crippen LogP contribution in [0.4, 0.5) is 17.6 Å². The first-order valence-corrected chi connectivity index (χ1v) is 7.58. The van der Waals surface area contributed by atoms with Crippen LogP contribution in [0.2, 0.25) is 5.15 Å². The zero-order chi connectivity index (χ0) is 18.4. The highest BCUT2D eigenvalue weighted by Gasteiger charge is 2.33. The van der Waals surface area contributed by atoms with Gasteiger partial charge in [-0.1, -0.05) is 23.7 Å². The predicted molar refractivity (Wildman–Crippen MR) is 87.7 cm³/mol. The number of hydrogen-bond acceptors (Lipinski definition) is 2. The van der Waals surface area contributed by atoms with Gasteiger partial charge in [-0.2, -0.15) is 13.2 Å². The first-order chi connectivity index (χ1) is 11.8. The zero-order valence-electron chi connectivity index (χ0n) is 13.2. The van der Waals surface area contributed by atoms with E-state index < -0.39 is 17.6 Å². The lowest BCUT2D eigenvalue weighted by Crippen LogP contribution is -2.36. The van der Waals surface area contributed by atoms with Crippen LogP contribution in [-0.2, 0) is 19.3 Å². The Morgan fingerprint density at radius 1 is 1.16 bits per heavy atom. The summed E-state index contributed by atoms with van der Waals surface area (Å²) in [5.41, 5.74) is -0.271. The van der Waals surface area contributed by atoms with Gasteiger partial charge in [0.25, 0.3) is 0 Å². The van der Waals surface area contributed by atoms with Crippen molar-refractivity contribution in [3.05, 3.63) is 64.2 Å². The molecular weight excluding hydrogens is 360 g/mol. The molecule has 0 saturated carbocycles. The Bertz CT molecular complexity index is 745. The van der Waals surface area contributed by atoms with Crippen molar-refractivity contribution in [3.8, 4) is 0 Å². The number of alkyl halides is 3. The number of nitrogens with one attached hydrogen (secondary N) is 2. The van der Waals surface area contributed by atoms with E-state index in [0.717, 1.165) is 17.7 Å². The molecule has 0 atom stereocenters. The molecule has 0 spiro atoms. The number of benzene rings is 1. The Hall–Kier alpha value is -2.35. The molecule has 0 aliphatic carbocycles. The summed E-state index contributed by atoms with van der Waals surface area (Å²) in [5, 5.41) is 6.08. The molecule has 2 rings (SSSR count). The Labute approximate surface area is 146 Å². The smallest absolute Gasteiger partial charge is 0.352 e. The number of pyridine rings is 1. The van der Waals surface area contributed by atoms with E-state index in [1.165, 1.54) is 7.05 Å². The average Bonchev–Trinajstić information content (AvgIpc) is 2.56. The Morgan fingerprint density at radius 3 is 2.48 bits per heavy atom. The number of hydrogen-bond donors (Lipinski definition) is 2. The fourth-order valence-electron chi connectivity index (χ4n) is 2.06. The van der Waals surface area contributed by atoms with Gasteiger partial charge in [0.1, 0.15) is 11.0 Å². The normalized spacial score (nSPS) is 12.2. The fourth-order valence-corrected chi connectivity index (χ4v) is 2.17. The number of nitrogens with zero attached hydrogens (tertiary/aromatic N) is 2. The SMILES string of the molecule is CN=C(NCc1ccc(Cl)nc1)NCc1ccc(F)cc1C(F)(F)F. The lowest BCUT2D eigenvalue weighted by atomic mass is 10.1. The van der Waals surface area contributed by atoms with Crippen molar-refractivity contribution < 1.29 is 17.6 Å². The third-order valence-corrected chi connectivity index (χ3v) is 3.52. The van der Waals surface area contributed by atoms with E-state index in [-0.39, 0.29) is 12.1 Å². The molecule has 0 saturated heterocycles. The molecule has 0 aliphatic rings. The summed E-state index contributed by atoms with van der Waals surface area (Å²) in [4.78, 5) is 7.87. The van der Waals surface area contributed by atoms with Crippen molar-refractivity contribution in [3.63, 3.8) is 0 Å². The van der Waals surface area contributed by atoms with Crippen LogP contribution >= 0.6 is 11.6 Å². The van der Waals surface area contributed by atoms with Crippen LogP contribution in [0.5, 0.6) is 0 Å². The van der Waals surface area contributed by atoms with Crippen molar-refractivity contribution >= 4 is 17.6 Å². The second-order valence-electron chi connectivity index (χ2n) is 5.07. The predicted octanol–water partition coefficient (Wildman–Crippen LogP) is 3.76. The molecule has 1 heterocycles. The Balaban J connectivity index is 2.00. The van der Waals surface area contributed by atoms with Crippen molar-refractivity contribution in [2.45, 2.75) is 19.3 Å². The molecule has 0 radical (unpaired) electrons. The third-order valence-electron chi connectivity index (χ3n) is 3.30. The topological polar surface area (TPSA) is 49.3 Å². The molecule has 1 aromatic heterocycles. The van der Waals surface area contributed by atoms with E-state index in [1.807, 2.05) is 0 Å². The van der Waals surface area contributed by atoms with Crippen LogP contribution in [0.1, 0.15) is 16.7 Å². The molecular formula is C16H15ClF4N4. The van der Waals surface area contributed by atoms with Crippen molar-refractivity contribution in [2.75, 3.05) is 7.05 Å². The second kappa shape index (κ2) is 8.15. The molecule has 0 fully saturated rings. The second-order valence-corrected chi connectivity index (χ2v) is 5.45. The van der Waals surface area contributed by atoms with E-state index in [4.69, 9.17) is 11.6 Å². The van der Waals surface area contributed by atoms with Crippen LogP contribution in [0.15, 0.2) is 41.5 Å². The summed E-state index contributed by atoms with van der Waals surface area (Å²) < 4.78 is 52.0. The summed E-state index contributed by atoms with van der Waals surface area (Å²) >= 11 is 5.70. The maximum Gasteiger partial charge on any atom is 0.416 e. The average molecular weight is 375 g/mol. The number of halogens is 5. The first kappa shape index (κ1) is 19.0. The van der Waals surface area contributed by atoms with E-state index >= 15 is 0 Å². The van der Waals surface area contributed by atoms with Crippen molar-refractivity contribution in [1.29, 1.82) is 0 Å². The summed E-state index contributed by atoms with van der Waals surface area (Å²) in [5.74, 6) is -0.638. The maximum atomic E-state index is 13.1. The quantitative estimate of drug-likeness (QED) is 0.371. The first-order valence-electron chi connectivity index (χ1n) is 7.20. The molecule has 9 heteroatoms. The highest BCUT2D eigenvalue weighted by atomic mass is 35.5. The molecule has 0 amide bonds. The van der Waals surface area contributed by atoms with Crippen LogP contribution in [-0.4, -0.2) is 18.0 Å². The van der Waals surface area contributed by atoms with E-state index in [1.54, 1.807) is 18.3 Å². The minimum atomic E-state index is -4.63.